The van der Waals surface area contributed by atoms with Crippen LogP contribution >= 0.6 is 0 Å². The number of rotatable bonds is 22. The first-order valence-electron chi connectivity index (χ1n) is 20.1. The lowest BCUT2D eigenvalue weighted by Crippen LogP contribution is -2.74. The van der Waals surface area contributed by atoms with Crippen molar-refractivity contribution in [3.05, 3.63) is 0 Å². The van der Waals surface area contributed by atoms with Gasteiger partial charge >= 0.3 is 11.9 Å². The summed E-state index contributed by atoms with van der Waals surface area (Å²) in [6, 6.07) is 0. The Kier molecular flexibility index (Phi) is 17.9. The molecule has 0 aromatic rings. The molecule has 7 nitrogen and oxygen atoms in total. The standard InChI is InChI=1S/C41H77NO6/c1-11-15-16-17-18-19-20-21-22-23-24-25-26-27-28-29-35(43)45-31-40(14-4)32-46-41(47-33-40)30-38(9,12-2)42(39(10,13-3)34(41)5)48-36(44)37(6,7)8/h34H,11-33H2,1-10H3. The first-order chi connectivity index (χ1) is 22.7. The number of carbonyl (C=O) groups excluding carboxylic acids is 2. The highest BCUT2D eigenvalue weighted by Gasteiger charge is 2.64. The van der Waals surface area contributed by atoms with Crippen LogP contribution < -0.4 is 0 Å². The monoisotopic (exact) mass is 680 g/mol. The number of carbonyl (C=O) groups is 2. The number of nitrogens with zero attached hydrogens (tertiary/aromatic N) is 1. The molecular weight excluding hydrogens is 602 g/mol. The van der Waals surface area contributed by atoms with E-state index in [0.29, 0.717) is 32.7 Å². The van der Waals surface area contributed by atoms with Crippen LogP contribution in [-0.2, 0) is 28.6 Å². The summed E-state index contributed by atoms with van der Waals surface area (Å²) in [7, 11) is 0. The van der Waals surface area contributed by atoms with Crippen LogP contribution in [0.1, 0.15) is 198 Å². The molecule has 2 heterocycles. The summed E-state index contributed by atoms with van der Waals surface area (Å²) in [5.74, 6) is -1.22. The van der Waals surface area contributed by atoms with Crippen molar-refractivity contribution in [1.29, 1.82) is 0 Å². The Morgan fingerprint density at radius 2 is 1.21 bits per heavy atom. The fourth-order valence-corrected chi connectivity index (χ4v) is 7.50. The van der Waals surface area contributed by atoms with E-state index in [1.165, 1.54) is 83.5 Å². The lowest BCUT2D eigenvalue weighted by atomic mass is 9.66. The number of ether oxygens (including phenoxy) is 3. The zero-order chi connectivity index (χ0) is 35.9. The Labute approximate surface area is 296 Å². The van der Waals surface area contributed by atoms with Crippen LogP contribution in [0.25, 0.3) is 0 Å². The second-order valence-corrected chi connectivity index (χ2v) is 17.0. The number of unbranched alkanes of at least 4 members (excludes halogenated alkanes) is 14. The Morgan fingerprint density at radius 3 is 1.62 bits per heavy atom. The van der Waals surface area contributed by atoms with Crippen molar-refractivity contribution in [2.45, 2.75) is 215 Å². The molecule has 282 valence electrons. The molecule has 0 bridgehead atoms. The van der Waals surface area contributed by atoms with Crippen LogP contribution in [-0.4, -0.2) is 53.7 Å². The molecule has 3 unspecified atom stereocenters. The third-order valence-corrected chi connectivity index (χ3v) is 12.0. The van der Waals surface area contributed by atoms with Crippen LogP contribution in [0.2, 0.25) is 0 Å². The molecule has 48 heavy (non-hydrogen) atoms. The number of esters is 1. The molecule has 3 atom stereocenters. The molecule has 2 aliphatic rings. The number of piperidine rings is 1. The summed E-state index contributed by atoms with van der Waals surface area (Å²) >= 11 is 0. The molecule has 0 amide bonds. The van der Waals surface area contributed by atoms with Crippen molar-refractivity contribution in [1.82, 2.24) is 5.06 Å². The molecule has 2 fully saturated rings. The molecular formula is C41H77NO6. The maximum Gasteiger partial charge on any atom is 0.330 e. The summed E-state index contributed by atoms with van der Waals surface area (Å²) in [6.45, 7) is 22.1. The molecule has 0 saturated carbocycles. The summed E-state index contributed by atoms with van der Waals surface area (Å²) in [5.41, 5.74) is -1.93. The lowest BCUT2D eigenvalue weighted by molar-refractivity contribution is -0.404. The molecule has 2 rings (SSSR count). The van der Waals surface area contributed by atoms with Gasteiger partial charge in [-0.25, -0.2) is 4.79 Å². The second-order valence-electron chi connectivity index (χ2n) is 17.0. The second kappa shape index (κ2) is 20.0. The van der Waals surface area contributed by atoms with Gasteiger partial charge in [0, 0.05) is 18.8 Å². The summed E-state index contributed by atoms with van der Waals surface area (Å²) in [4.78, 5) is 32.0. The maximum absolute atomic E-state index is 13.1. The third-order valence-electron chi connectivity index (χ3n) is 12.0. The molecule has 0 N–H and O–H groups in total. The fraction of sp³-hybridized carbons (Fsp3) is 0.951. The normalized spacial score (nSPS) is 29.7. The van der Waals surface area contributed by atoms with Gasteiger partial charge < -0.3 is 19.0 Å². The number of hydrogen-bond donors (Lipinski definition) is 0. The minimum Gasteiger partial charge on any atom is -0.465 e. The van der Waals surface area contributed by atoms with Gasteiger partial charge in [-0.3, -0.25) is 4.79 Å². The minimum atomic E-state index is -0.809. The highest BCUT2D eigenvalue weighted by atomic mass is 16.7. The Bertz CT molecular complexity index is 938. The van der Waals surface area contributed by atoms with Gasteiger partial charge in [-0.05, 0) is 60.3 Å². The highest BCUT2D eigenvalue weighted by molar-refractivity contribution is 5.75. The van der Waals surface area contributed by atoms with Crippen molar-refractivity contribution in [2.75, 3.05) is 19.8 Å². The third kappa shape index (κ3) is 12.0. The summed E-state index contributed by atoms with van der Waals surface area (Å²) in [6.07, 6.45) is 23.1. The SMILES string of the molecule is CCCCCCCCCCCCCCCCCC(=O)OCC1(CC)COC2(CC(C)(CC)N(OC(=O)C(C)(C)C)C(C)(CC)C2C)OC1. The Balaban J connectivity index is 1.77. The minimum absolute atomic E-state index is 0.0649. The summed E-state index contributed by atoms with van der Waals surface area (Å²) < 4.78 is 19.4. The van der Waals surface area contributed by atoms with Crippen molar-refractivity contribution in [3.63, 3.8) is 0 Å². The van der Waals surface area contributed by atoms with Crippen molar-refractivity contribution < 1.29 is 28.6 Å². The first kappa shape index (κ1) is 43.0. The average Bonchev–Trinajstić information content (AvgIpc) is 3.07. The maximum atomic E-state index is 13.1. The van der Waals surface area contributed by atoms with Crippen molar-refractivity contribution in [3.8, 4) is 0 Å². The molecule has 7 heteroatoms. The van der Waals surface area contributed by atoms with Crippen molar-refractivity contribution >= 4 is 11.9 Å². The summed E-state index contributed by atoms with van der Waals surface area (Å²) in [5, 5.41) is 1.97. The van der Waals surface area contributed by atoms with E-state index in [1.807, 2.05) is 25.8 Å². The smallest absolute Gasteiger partial charge is 0.330 e. The van der Waals surface area contributed by atoms with E-state index < -0.39 is 22.3 Å². The molecule has 2 aliphatic heterocycles. The topological polar surface area (TPSA) is 74.3 Å². The van der Waals surface area contributed by atoms with Crippen LogP contribution in [0.15, 0.2) is 0 Å². The molecule has 0 aromatic carbocycles. The van der Waals surface area contributed by atoms with Gasteiger partial charge in [-0.2, -0.15) is 0 Å². The quantitative estimate of drug-likeness (QED) is 0.0832. The van der Waals surface area contributed by atoms with E-state index in [1.54, 1.807) is 0 Å². The van der Waals surface area contributed by atoms with E-state index in [2.05, 4.69) is 48.5 Å². The van der Waals surface area contributed by atoms with E-state index in [0.717, 1.165) is 32.1 Å². The Hall–Kier alpha value is -1.18. The van der Waals surface area contributed by atoms with Crippen molar-refractivity contribution in [2.24, 2.45) is 16.7 Å². The highest BCUT2D eigenvalue weighted by Crippen LogP contribution is 2.54. The van der Waals surface area contributed by atoms with Gasteiger partial charge in [0.1, 0.15) is 6.61 Å². The number of hydroxylamine groups is 2. The van der Waals surface area contributed by atoms with Crippen LogP contribution in [0.5, 0.6) is 0 Å². The van der Waals surface area contributed by atoms with Gasteiger partial charge in [0.05, 0.1) is 35.1 Å². The molecule has 2 saturated heterocycles. The van der Waals surface area contributed by atoms with E-state index in [4.69, 9.17) is 19.0 Å². The predicted molar refractivity (Wildman–Crippen MR) is 196 cm³/mol. The predicted octanol–water partition coefficient (Wildman–Crippen LogP) is 11.1. The molecule has 1 spiro atoms. The van der Waals surface area contributed by atoms with Crippen LogP contribution in [0.4, 0.5) is 0 Å². The average molecular weight is 680 g/mol. The van der Waals surface area contributed by atoms with E-state index in [9.17, 15) is 9.59 Å². The van der Waals surface area contributed by atoms with E-state index in [-0.39, 0.29) is 23.3 Å². The Morgan fingerprint density at radius 1 is 0.729 bits per heavy atom. The van der Waals surface area contributed by atoms with Crippen LogP contribution in [0.3, 0.4) is 0 Å². The zero-order valence-corrected chi connectivity index (χ0v) is 33.2. The first-order valence-corrected chi connectivity index (χ1v) is 20.1. The largest absolute Gasteiger partial charge is 0.465 e. The number of hydrogen-bond acceptors (Lipinski definition) is 7. The zero-order valence-electron chi connectivity index (χ0n) is 33.2. The van der Waals surface area contributed by atoms with Crippen LogP contribution in [0, 0.1) is 16.7 Å². The van der Waals surface area contributed by atoms with Gasteiger partial charge in [-0.1, -0.05) is 125 Å². The molecule has 0 aliphatic carbocycles. The van der Waals surface area contributed by atoms with Gasteiger partial charge in [-0.15, -0.1) is 5.06 Å². The molecule has 0 radical (unpaired) electrons. The van der Waals surface area contributed by atoms with Gasteiger partial charge in [0.25, 0.3) is 0 Å². The van der Waals surface area contributed by atoms with Gasteiger partial charge in [0.2, 0.25) is 0 Å². The molecule has 0 aromatic heterocycles. The van der Waals surface area contributed by atoms with Gasteiger partial charge in [0.15, 0.2) is 5.79 Å². The fourth-order valence-electron chi connectivity index (χ4n) is 7.50. The lowest BCUT2D eigenvalue weighted by Gasteiger charge is -2.63. The van der Waals surface area contributed by atoms with E-state index >= 15 is 0 Å².